The molecule has 84 valence electrons. The third kappa shape index (κ3) is 8.42. The van der Waals surface area contributed by atoms with Crippen LogP contribution in [0.25, 0.3) is 0 Å². The maximum Gasteiger partial charge on any atom is 0.305 e. The first-order chi connectivity index (χ1) is 6.70. The van der Waals surface area contributed by atoms with Crippen molar-refractivity contribution in [2.24, 2.45) is 5.92 Å². The highest BCUT2D eigenvalue weighted by Gasteiger charge is 2.02. The van der Waals surface area contributed by atoms with E-state index in [0.717, 1.165) is 18.1 Å². The molecule has 0 heterocycles. The quantitative estimate of drug-likeness (QED) is 0.462. The summed E-state index contributed by atoms with van der Waals surface area (Å²) in [4.78, 5) is 11.0. The van der Waals surface area contributed by atoms with Gasteiger partial charge in [0, 0.05) is 6.42 Å². The normalized spacial score (nSPS) is 12.5. The molecule has 0 aromatic rings. The molecule has 0 bridgehead atoms. The number of thioether (sulfide) groups is 1. The molecule has 2 nitrogen and oxygen atoms in total. The molecule has 0 saturated heterocycles. The van der Waals surface area contributed by atoms with E-state index in [-0.39, 0.29) is 5.97 Å². The van der Waals surface area contributed by atoms with Gasteiger partial charge in [-0.3, -0.25) is 4.79 Å². The molecule has 0 saturated carbocycles. The van der Waals surface area contributed by atoms with Crippen LogP contribution in [-0.4, -0.2) is 24.1 Å². The highest BCUT2D eigenvalue weighted by molar-refractivity contribution is 7.99. The number of hydrogen-bond donors (Lipinski definition) is 0. The van der Waals surface area contributed by atoms with Crippen LogP contribution < -0.4 is 0 Å². The van der Waals surface area contributed by atoms with Crippen LogP contribution in [0.2, 0.25) is 0 Å². The van der Waals surface area contributed by atoms with Crippen LogP contribution >= 0.6 is 11.8 Å². The van der Waals surface area contributed by atoms with Gasteiger partial charge in [0.15, 0.2) is 0 Å². The van der Waals surface area contributed by atoms with Gasteiger partial charge in [-0.15, -0.1) is 0 Å². The minimum absolute atomic E-state index is 0.0587. The van der Waals surface area contributed by atoms with Crippen LogP contribution in [-0.2, 0) is 9.53 Å². The largest absolute Gasteiger partial charge is 0.466 e. The van der Waals surface area contributed by atoms with Crippen LogP contribution in [0.3, 0.4) is 0 Å². The Bertz CT molecular complexity index is 148. The van der Waals surface area contributed by atoms with Crippen LogP contribution in [0.15, 0.2) is 0 Å². The molecule has 1 atom stereocenters. The maximum absolute atomic E-state index is 11.0. The number of rotatable bonds is 8. The van der Waals surface area contributed by atoms with Gasteiger partial charge in [0.2, 0.25) is 0 Å². The standard InChI is InChI=1S/C11H22O2S/c1-4-10(3)9-14-8-6-7-11(12)13-5-2/h10H,4-9H2,1-3H3. The summed E-state index contributed by atoms with van der Waals surface area (Å²) in [6.45, 7) is 6.82. The number of carbonyl (C=O) groups is 1. The predicted octanol–water partition coefficient (Wildman–Crippen LogP) is 3.11. The molecule has 0 rings (SSSR count). The molecule has 0 aromatic heterocycles. The second-order valence-corrected chi connectivity index (χ2v) is 4.65. The molecule has 0 aliphatic rings. The fraction of sp³-hybridized carbons (Fsp3) is 0.909. The highest BCUT2D eigenvalue weighted by atomic mass is 32.2. The zero-order valence-corrected chi connectivity index (χ0v) is 10.4. The molecule has 0 amide bonds. The summed E-state index contributed by atoms with van der Waals surface area (Å²) in [5.74, 6) is 3.02. The maximum atomic E-state index is 11.0. The Morgan fingerprint density at radius 2 is 2.14 bits per heavy atom. The second-order valence-electron chi connectivity index (χ2n) is 3.50. The van der Waals surface area contributed by atoms with Gasteiger partial charge < -0.3 is 4.74 Å². The first-order valence-electron chi connectivity index (χ1n) is 5.44. The molecule has 14 heavy (non-hydrogen) atoms. The summed E-state index contributed by atoms with van der Waals surface area (Å²) >= 11 is 1.94. The third-order valence-corrected chi connectivity index (χ3v) is 3.46. The van der Waals surface area contributed by atoms with E-state index in [4.69, 9.17) is 4.74 Å². The Kier molecular flexibility index (Phi) is 9.26. The fourth-order valence-corrected chi connectivity index (χ4v) is 2.11. The minimum atomic E-state index is -0.0587. The Morgan fingerprint density at radius 3 is 2.71 bits per heavy atom. The van der Waals surface area contributed by atoms with Crippen molar-refractivity contribution in [3.8, 4) is 0 Å². The molecule has 0 aliphatic heterocycles. The predicted molar refractivity (Wildman–Crippen MR) is 62.6 cm³/mol. The van der Waals surface area contributed by atoms with E-state index in [1.165, 1.54) is 12.2 Å². The SMILES string of the molecule is CCOC(=O)CCCSCC(C)CC. The number of carbonyl (C=O) groups excluding carboxylic acids is 1. The minimum Gasteiger partial charge on any atom is -0.466 e. The lowest BCUT2D eigenvalue weighted by Gasteiger charge is -2.07. The van der Waals surface area contributed by atoms with Gasteiger partial charge in [0.25, 0.3) is 0 Å². The van der Waals surface area contributed by atoms with E-state index in [1.54, 1.807) is 0 Å². The number of hydrogen-bond acceptors (Lipinski definition) is 3. The number of ether oxygens (including phenoxy) is 1. The average Bonchev–Trinajstić information content (AvgIpc) is 2.17. The lowest BCUT2D eigenvalue weighted by molar-refractivity contribution is -0.143. The summed E-state index contributed by atoms with van der Waals surface area (Å²) in [5.41, 5.74) is 0. The Hall–Kier alpha value is -0.180. The molecule has 0 aliphatic carbocycles. The van der Waals surface area contributed by atoms with E-state index < -0.39 is 0 Å². The number of esters is 1. The van der Waals surface area contributed by atoms with Crippen molar-refractivity contribution in [2.75, 3.05) is 18.1 Å². The van der Waals surface area contributed by atoms with Gasteiger partial charge in [0.05, 0.1) is 6.61 Å². The molecule has 0 radical (unpaired) electrons. The van der Waals surface area contributed by atoms with Gasteiger partial charge >= 0.3 is 5.97 Å². The van der Waals surface area contributed by atoms with Crippen molar-refractivity contribution in [3.05, 3.63) is 0 Å². The molecule has 0 N–H and O–H groups in total. The van der Waals surface area contributed by atoms with Crippen molar-refractivity contribution in [1.29, 1.82) is 0 Å². The lowest BCUT2D eigenvalue weighted by atomic mass is 10.2. The summed E-state index contributed by atoms with van der Waals surface area (Å²) in [6, 6.07) is 0. The molecule has 1 unspecified atom stereocenters. The van der Waals surface area contributed by atoms with Gasteiger partial charge in [-0.25, -0.2) is 0 Å². The van der Waals surface area contributed by atoms with Crippen molar-refractivity contribution in [2.45, 2.75) is 40.0 Å². The summed E-state index contributed by atoms with van der Waals surface area (Å²) in [6.07, 6.45) is 2.76. The van der Waals surface area contributed by atoms with Gasteiger partial charge in [0.1, 0.15) is 0 Å². The van der Waals surface area contributed by atoms with E-state index in [2.05, 4.69) is 13.8 Å². The molecule has 0 aromatic carbocycles. The van der Waals surface area contributed by atoms with Crippen molar-refractivity contribution >= 4 is 17.7 Å². The Labute approximate surface area is 91.8 Å². The van der Waals surface area contributed by atoms with E-state index in [0.29, 0.717) is 13.0 Å². The van der Waals surface area contributed by atoms with Crippen LogP contribution in [0.1, 0.15) is 40.0 Å². The first kappa shape index (κ1) is 13.8. The van der Waals surface area contributed by atoms with Gasteiger partial charge in [-0.05, 0) is 30.8 Å². The molecular formula is C11H22O2S. The van der Waals surface area contributed by atoms with Crippen molar-refractivity contribution < 1.29 is 9.53 Å². The van der Waals surface area contributed by atoms with Crippen LogP contribution in [0.5, 0.6) is 0 Å². The highest BCUT2D eigenvalue weighted by Crippen LogP contribution is 2.12. The van der Waals surface area contributed by atoms with Crippen LogP contribution in [0.4, 0.5) is 0 Å². The van der Waals surface area contributed by atoms with E-state index in [1.807, 2.05) is 18.7 Å². The molecule has 0 fully saturated rings. The summed E-state index contributed by atoms with van der Waals surface area (Å²) in [5, 5.41) is 0. The topological polar surface area (TPSA) is 26.3 Å². The van der Waals surface area contributed by atoms with Crippen LogP contribution in [0, 0.1) is 5.92 Å². The molecule has 3 heteroatoms. The smallest absolute Gasteiger partial charge is 0.305 e. The zero-order valence-electron chi connectivity index (χ0n) is 9.54. The first-order valence-corrected chi connectivity index (χ1v) is 6.59. The fourth-order valence-electron chi connectivity index (χ4n) is 0.954. The monoisotopic (exact) mass is 218 g/mol. The third-order valence-electron chi connectivity index (χ3n) is 2.07. The Morgan fingerprint density at radius 1 is 1.43 bits per heavy atom. The van der Waals surface area contributed by atoms with Crippen molar-refractivity contribution in [1.82, 2.24) is 0 Å². The second kappa shape index (κ2) is 9.38. The van der Waals surface area contributed by atoms with Gasteiger partial charge in [-0.2, -0.15) is 11.8 Å². The molecular weight excluding hydrogens is 196 g/mol. The summed E-state index contributed by atoms with van der Waals surface area (Å²) in [7, 11) is 0. The average molecular weight is 218 g/mol. The lowest BCUT2D eigenvalue weighted by Crippen LogP contribution is -2.04. The summed E-state index contributed by atoms with van der Waals surface area (Å²) < 4.78 is 4.84. The van der Waals surface area contributed by atoms with E-state index >= 15 is 0 Å². The van der Waals surface area contributed by atoms with Gasteiger partial charge in [-0.1, -0.05) is 20.3 Å². The molecule has 0 spiro atoms. The van der Waals surface area contributed by atoms with E-state index in [9.17, 15) is 4.79 Å². The van der Waals surface area contributed by atoms with Crippen molar-refractivity contribution in [3.63, 3.8) is 0 Å². The Balaban J connectivity index is 3.17. The zero-order chi connectivity index (χ0) is 10.8.